The number of rotatable bonds is 0. The van der Waals surface area contributed by atoms with Crippen molar-refractivity contribution < 1.29 is 14.9 Å². The Morgan fingerprint density at radius 2 is 1.24 bits per heavy atom. The van der Waals surface area contributed by atoms with Gasteiger partial charge in [0.15, 0.2) is 12.6 Å². The van der Waals surface area contributed by atoms with Crippen molar-refractivity contribution in [3.8, 4) is 0 Å². The van der Waals surface area contributed by atoms with Crippen molar-refractivity contribution in [3.05, 3.63) is 35.4 Å². The summed E-state index contributed by atoms with van der Waals surface area (Å²) in [6.07, 6.45) is -2.03. The van der Waals surface area contributed by atoms with Crippen LogP contribution in [0.25, 0.3) is 0 Å². The predicted molar refractivity (Wildman–Crippen MR) is 65.6 cm³/mol. The number of aliphatic hydroxyl groups excluding tert-OH is 2. The first-order valence-corrected chi connectivity index (χ1v) is 5.89. The van der Waals surface area contributed by atoms with E-state index in [1.54, 1.807) is 0 Å². The molecule has 0 spiro atoms. The van der Waals surface area contributed by atoms with Gasteiger partial charge < -0.3 is 14.9 Å². The molecular weight excluding hydrogens is 216 g/mol. The zero-order valence-electron chi connectivity index (χ0n) is 10.8. The highest BCUT2D eigenvalue weighted by Crippen LogP contribution is 2.42. The van der Waals surface area contributed by atoms with Gasteiger partial charge in [0.1, 0.15) is 0 Å². The van der Waals surface area contributed by atoms with Gasteiger partial charge in [0.2, 0.25) is 0 Å². The highest BCUT2D eigenvalue weighted by molar-refractivity contribution is 5.40. The number of benzene rings is 1. The highest BCUT2D eigenvalue weighted by Gasteiger charge is 2.45. The average molecular weight is 236 g/mol. The molecule has 0 saturated carbocycles. The number of hydrogen-bond acceptors (Lipinski definition) is 3. The largest absolute Gasteiger partial charge is 0.367 e. The Morgan fingerprint density at radius 1 is 0.882 bits per heavy atom. The van der Waals surface area contributed by atoms with E-state index in [1.165, 1.54) is 0 Å². The normalized spacial score (nSPS) is 30.5. The van der Waals surface area contributed by atoms with Crippen molar-refractivity contribution in [2.75, 3.05) is 0 Å². The molecule has 0 fully saturated rings. The molecule has 0 radical (unpaired) electrons. The van der Waals surface area contributed by atoms with Crippen LogP contribution in [0.15, 0.2) is 24.3 Å². The standard InChI is InChI=1S/C14H20O3/c1-13(2)9-7-5-6-8-10(9)14(3,4)12(16)17-11(13)15/h5-8,11-12,15-16H,1-4H3. The van der Waals surface area contributed by atoms with E-state index < -0.39 is 23.4 Å². The van der Waals surface area contributed by atoms with Crippen LogP contribution in [-0.4, -0.2) is 22.8 Å². The maximum Gasteiger partial charge on any atom is 0.166 e. The number of ether oxygens (including phenoxy) is 1. The molecule has 1 aliphatic rings. The van der Waals surface area contributed by atoms with E-state index in [-0.39, 0.29) is 0 Å². The van der Waals surface area contributed by atoms with Crippen molar-refractivity contribution in [1.82, 2.24) is 0 Å². The fourth-order valence-corrected chi connectivity index (χ4v) is 2.34. The summed E-state index contributed by atoms with van der Waals surface area (Å²) in [6, 6.07) is 7.87. The van der Waals surface area contributed by atoms with Gasteiger partial charge in [0, 0.05) is 10.8 Å². The third kappa shape index (κ3) is 1.79. The first kappa shape index (κ1) is 12.6. The van der Waals surface area contributed by atoms with Crippen LogP contribution in [0.4, 0.5) is 0 Å². The summed E-state index contributed by atoms with van der Waals surface area (Å²) < 4.78 is 5.34. The summed E-state index contributed by atoms with van der Waals surface area (Å²) in [5.74, 6) is 0. The summed E-state index contributed by atoms with van der Waals surface area (Å²) in [6.45, 7) is 7.68. The van der Waals surface area contributed by atoms with Gasteiger partial charge in [0.25, 0.3) is 0 Å². The summed E-state index contributed by atoms with van der Waals surface area (Å²) >= 11 is 0. The lowest BCUT2D eigenvalue weighted by Gasteiger charge is -2.30. The first-order chi connectivity index (χ1) is 7.78. The highest BCUT2D eigenvalue weighted by atomic mass is 16.7. The van der Waals surface area contributed by atoms with E-state index in [9.17, 15) is 10.2 Å². The van der Waals surface area contributed by atoms with Crippen LogP contribution in [0.1, 0.15) is 38.8 Å². The van der Waals surface area contributed by atoms with Crippen LogP contribution < -0.4 is 0 Å². The van der Waals surface area contributed by atoms with Crippen LogP contribution in [0, 0.1) is 0 Å². The Hall–Kier alpha value is -0.900. The molecule has 17 heavy (non-hydrogen) atoms. The van der Waals surface area contributed by atoms with Crippen LogP contribution in [0.2, 0.25) is 0 Å². The van der Waals surface area contributed by atoms with Crippen molar-refractivity contribution in [3.63, 3.8) is 0 Å². The quantitative estimate of drug-likeness (QED) is 0.723. The molecule has 3 heteroatoms. The molecule has 0 saturated heterocycles. The van der Waals surface area contributed by atoms with Crippen LogP contribution in [0.5, 0.6) is 0 Å². The average Bonchev–Trinajstić information content (AvgIpc) is 2.32. The lowest BCUT2D eigenvalue weighted by molar-refractivity contribution is -0.244. The fourth-order valence-electron chi connectivity index (χ4n) is 2.34. The molecule has 94 valence electrons. The van der Waals surface area contributed by atoms with Crippen molar-refractivity contribution in [1.29, 1.82) is 0 Å². The molecule has 0 amide bonds. The first-order valence-electron chi connectivity index (χ1n) is 5.89. The number of fused-ring (bicyclic) bond motifs is 1. The van der Waals surface area contributed by atoms with Gasteiger partial charge in [-0.05, 0) is 11.1 Å². The van der Waals surface area contributed by atoms with E-state index in [0.717, 1.165) is 11.1 Å². The smallest absolute Gasteiger partial charge is 0.166 e. The lowest BCUT2D eigenvalue weighted by Crippen LogP contribution is -2.39. The third-order valence-corrected chi connectivity index (χ3v) is 3.81. The SMILES string of the molecule is CC1(C)c2ccccc2C(C)(C)C(O)OC1O. The zero-order chi connectivity index (χ0) is 12.8. The van der Waals surface area contributed by atoms with Gasteiger partial charge in [-0.3, -0.25) is 0 Å². The lowest BCUT2D eigenvalue weighted by atomic mass is 9.74. The molecular formula is C14H20O3. The van der Waals surface area contributed by atoms with Gasteiger partial charge in [-0.15, -0.1) is 0 Å². The molecule has 2 rings (SSSR count). The maximum atomic E-state index is 10.1. The van der Waals surface area contributed by atoms with Crippen LogP contribution >= 0.6 is 0 Å². The second kappa shape index (κ2) is 3.80. The Balaban J connectivity index is 2.68. The van der Waals surface area contributed by atoms with E-state index in [1.807, 2.05) is 52.0 Å². The van der Waals surface area contributed by atoms with E-state index in [0.29, 0.717) is 0 Å². The van der Waals surface area contributed by atoms with Gasteiger partial charge in [-0.1, -0.05) is 52.0 Å². The monoisotopic (exact) mass is 236 g/mol. The molecule has 3 nitrogen and oxygen atoms in total. The van der Waals surface area contributed by atoms with Gasteiger partial charge in [-0.2, -0.15) is 0 Å². The summed E-state index contributed by atoms with van der Waals surface area (Å²) in [5.41, 5.74) is 0.972. The van der Waals surface area contributed by atoms with Gasteiger partial charge in [0.05, 0.1) is 0 Å². The van der Waals surface area contributed by atoms with Gasteiger partial charge in [-0.25, -0.2) is 0 Å². The molecule has 1 aromatic rings. The van der Waals surface area contributed by atoms with Crippen molar-refractivity contribution in [2.24, 2.45) is 0 Å². The van der Waals surface area contributed by atoms with Crippen molar-refractivity contribution in [2.45, 2.75) is 51.1 Å². The van der Waals surface area contributed by atoms with E-state index in [4.69, 9.17) is 4.74 Å². The minimum atomic E-state index is -1.01. The molecule has 0 aromatic heterocycles. The molecule has 1 heterocycles. The minimum Gasteiger partial charge on any atom is -0.367 e. The topological polar surface area (TPSA) is 49.7 Å². The van der Waals surface area contributed by atoms with Gasteiger partial charge >= 0.3 is 0 Å². The van der Waals surface area contributed by atoms with E-state index in [2.05, 4.69) is 0 Å². The Kier molecular flexibility index (Phi) is 2.81. The third-order valence-electron chi connectivity index (χ3n) is 3.81. The summed E-state index contributed by atoms with van der Waals surface area (Å²) in [7, 11) is 0. The molecule has 0 bridgehead atoms. The maximum absolute atomic E-state index is 10.1. The summed E-state index contributed by atoms with van der Waals surface area (Å²) in [4.78, 5) is 0. The van der Waals surface area contributed by atoms with Crippen molar-refractivity contribution >= 4 is 0 Å². The zero-order valence-corrected chi connectivity index (χ0v) is 10.8. The molecule has 1 aliphatic heterocycles. The second-order valence-electron chi connectivity index (χ2n) is 5.83. The molecule has 1 aromatic carbocycles. The second-order valence-corrected chi connectivity index (χ2v) is 5.83. The van der Waals surface area contributed by atoms with Crippen LogP contribution in [-0.2, 0) is 15.6 Å². The number of hydrogen-bond donors (Lipinski definition) is 2. The Bertz CT molecular complexity index is 384. The molecule has 0 aliphatic carbocycles. The summed E-state index contributed by atoms with van der Waals surface area (Å²) in [5, 5.41) is 20.2. The Morgan fingerprint density at radius 3 is 1.59 bits per heavy atom. The molecule has 2 atom stereocenters. The van der Waals surface area contributed by atoms with Crippen LogP contribution in [0.3, 0.4) is 0 Å². The number of aliphatic hydroxyl groups is 2. The molecule has 2 N–H and O–H groups in total. The van der Waals surface area contributed by atoms with E-state index >= 15 is 0 Å². The molecule has 2 unspecified atom stereocenters. The minimum absolute atomic E-state index is 0.536. The Labute approximate surface area is 102 Å². The fraction of sp³-hybridized carbons (Fsp3) is 0.571. The predicted octanol–water partition coefficient (Wildman–Crippen LogP) is 1.91.